The molecule has 2 aliphatic heterocycles. The Balaban J connectivity index is 1.54. The molecule has 0 radical (unpaired) electrons. The molecule has 0 saturated carbocycles. The molecule has 1 N–H and O–H groups in total. The zero-order valence-electron chi connectivity index (χ0n) is 15.5. The monoisotopic (exact) mass is 364 g/mol. The molecule has 1 spiro atoms. The molecule has 5 heteroatoms. The van der Waals surface area contributed by atoms with E-state index in [0.29, 0.717) is 32.7 Å². The third-order valence-electron chi connectivity index (χ3n) is 5.59. The lowest BCUT2D eigenvalue weighted by molar-refractivity contribution is -0.163. The molecule has 4 rings (SSSR count). The number of nitrogens with zero attached hydrogens (tertiary/aromatic N) is 1. The topological polar surface area (TPSA) is 58.6 Å². The maximum absolute atomic E-state index is 12.9. The Kier molecular flexibility index (Phi) is 4.70. The van der Waals surface area contributed by atoms with Crippen LogP contribution in [-0.4, -0.2) is 48.6 Å². The minimum Gasteiger partial charge on any atom is -0.361 e. The molecule has 2 unspecified atom stereocenters. The fourth-order valence-electron chi connectivity index (χ4n) is 4.04. The van der Waals surface area contributed by atoms with Crippen molar-refractivity contribution in [2.24, 2.45) is 0 Å². The summed E-state index contributed by atoms with van der Waals surface area (Å²) in [5.41, 5.74) is 2.22. The summed E-state index contributed by atoms with van der Waals surface area (Å²) in [6, 6.07) is 17.9. The van der Waals surface area contributed by atoms with Gasteiger partial charge in [0.1, 0.15) is 0 Å². The predicted molar refractivity (Wildman–Crippen MR) is 102 cm³/mol. The molecular weight excluding hydrogens is 340 g/mol. The van der Waals surface area contributed by atoms with Gasteiger partial charge in [-0.05, 0) is 18.1 Å². The number of hydrogen-bond donors (Lipinski definition) is 1. The van der Waals surface area contributed by atoms with Crippen molar-refractivity contribution in [2.45, 2.75) is 24.9 Å². The molecule has 2 saturated heterocycles. The first-order chi connectivity index (χ1) is 13.1. The van der Waals surface area contributed by atoms with Gasteiger partial charge < -0.3 is 15.0 Å². The van der Waals surface area contributed by atoms with Gasteiger partial charge in [0.25, 0.3) is 5.91 Å². The zero-order chi connectivity index (χ0) is 18.9. The maximum atomic E-state index is 12.9. The van der Waals surface area contributed by atoms with E-state index in [0.717, 1.165) is 11.1 Å². The smallest absolute Gasteiger partial charge is 0.254 e. The number of hydrogen-bond acceptors (Lipinski definition) is 3. The highest BCUT2D eigenvalue weighted by atomic mass is 16.5. The van der Waals surface area contributed by atoms with Gasteiger partial charge in [-0.15, -0.1) is 0 Å². The van der Waals surface area contributed by atoms with E-state index in [9.17, 15) is 9.59 Å². The number of aryl methyl sites for hydroxylation is 1. The number of amides is 2. The molecule has 2 atom stereocenters. The minimum absolute atomic E-state index is 0.0352. The van der Waals surface area contributed by atoms with E-state index in [1.54, 1.807) is 4.90 Å². The SMILES string of the molecule is Cc1ccc(CC(=O)N2CCOC3(C2)C(=O)NCC3c2ccccc2)cc1. The second-order valence-electron chi connectivity index (χ2n) is 7.39. The normalized spacial score (nSPS) is 24.9. The van der Waals surface area contributed by atoms with Gasteiger partial charge in [-0.1, -0.05) is 60.2 Å². The summed E-state index contributed by atoms with van der Waals surface area (Å²) < 4.78 is 6.05. The van der Waals surface area contributed by atoms with Crippen molar-refractivity contribution >= 4 is 11.8 Å². The highest BCUT2D eigenvalue weighted by Crippen LogP contribution is 2.38. The number of nitrogens with one attached hydrogen (secondary N) is 1. The highest BCUT2D eigenvalue weighted by Gasteiger charge is 2.55. The quantitative estimate of drug-likeness (QED) is 0.907. The average Bonchev–Trinajstić information content (AvgIpc) is 3.00. The molecule has 2 fully saturated rings. The molecule has 2 aromatic carbocycles. The minimum atomic E-state index is -0.997. The largest absolute Gasteiger partial charge is 0.361 e. The molecular formula is C22H24N2O3. The molecule has 0 bridgehead atoms. The third kappa shape index (κ3) is 3.35. The standard InChI is InChI=1S/C22H24N2O3/c1-16-7-9-17(10-8-16)13-20(25)24-11-12-27-22(15-24)19(14-23-21(22)26)18-5-3-2-4-6-18/h2-10,19H,11-15H2,1H3,(H,23,26). The molecule has 0 aliphatic carbocycles. The summed E-state index contributed by atoms with van der Waals surface area (Å²) in [6.45, 7) is 3.74. The molecule has 2 aliphatic rings. The lowest BCUT2D eigenvalue weighted by Crippen LogP contribution is -2.59. The van der Waals surface area contributed by atoms with E-state index in [-0.39, 0.29) is 17.7 Å². The Bertz CT molecular complexity index is 834. The number of carbonyl (C=O) groups is 2. The van der Waals surface area contributed by atoms with Crippen LogP contribution in [0.2, 0.25) is 0 Å². The van der Waals surface area contributed by atoms with Gasteiger partial charge in [0.2, 0.25) is 5.91 Å². The number of benzene rings is 2. The number of rotatable bonds is 3. The van der Waals surface area contributed by atoms with Crippen molar-refractivity contribution in [3.8, 4) is 0 Å². The van der Waals surface area contributed by atoms with Crippen molar-refractivity contribution in [2.75, 3.05) is 26.2 Å². The van der Waals surface area contributed by atoms with Crippen LogP contribution in [-0.2, 0) is 20.7 Å². The number of ether oxygens (including phenoxy) is 1. The zero-order valence-corrected chi connectivity index (χ0v) is 15.5. The number of carbonyl (C=O) groups excluding carboxylic acids is 2. The van der Waals surface area contributed by atoms with E-state index in [1.165, 1.54) is 5.56 Å². The molecule has 5 nitrogen and oxygen atoms in total. The van der Waals surface area contributed by atoms with Crippen LogP contribution in [0.3, 0.4) is 0 Å². The predicted octanol–water partition coefficient (Wildman–Crippen LogP) is 2.05. The molecule has 0 aromatic heterocycles. The molecule has 2 amide bonds. The van der Waals surface area contributed by atoms with E-state index in [2.05, 4.69) is 5.32 Å². The van der Waals surface area contributed by atoms with E-state index in [4.69, 9.17) is 4.74 Å². The van der Waals surface area contributed by atoms with Gasteiger partial charge in [-0.25, -0.2) is 0 Å². The van der Waals surface area contributed by atoms with Crippen LogP contribution in [0.15, 0.2) is 54.6 Å². The molecule has 140 valence electrons. The van der Waals surface area contributed by atoms with Crippen molar-refractivity contribution in [1.29, 1.82) is 0 Å². The first-order valence-electron chi connectivity index (χ1n) is 9.39. The Morgan fingerprint density at radius 1 is 1.19 bits per heavy atom. The van der Waals surface area contributed by atoms with Crippen molar-refractivity contribution in [1.82, 2.24) is 10.2 Å². The number of morpholine rings is 1. The van der Waals surface area contributed by atoms with Crippen LogP contribution in [0.4, 0.5) is 0 Å². The Morgan fingerprint density at radius 3 is 2.67 bits per heavy atom. The van der Waals surface area contributed by atoms with Crippen LogP contribution in [0.25, 0.3) is 0 Å². The maximum Gasteiger partial charge on any atom is 0.254 e. The fraction of sp³-hybridized carbons (Fsp3) is 0.364. The van der Waals surface area contributed by atoms with Crippen LogP contribution < -0.4 is 5.32 Å². The summed E-state index contributed by atoms with van der Waals surface area (Å²) in [6.07, 6.45) is 0.341. The van der Waals surface area contributed by atoms with E-state index in [1.807, 2.05) is 61.5 Å². The van der Waals surface area contributed by atoms with Gasteiger partial charge in [-0.3, -0.25) is 9.59 Å². The summed E-state index contributed by atoms with van der Waals surface area (Å²) >= 11 is 0. The van der Waals surface area contributed by atoms with Gasteiger partial charge in [0, 0.05) is 19.0 Å². The van der Waals surface area contributed by atoms with E-state index < -0.39 is 5.60 Å². The lowest BCUT2D eigenvalue weighted by Gasteiger charge is -2.42. The van der Waals surface area contributed by atoms with E-state index >= 15 is 0 Å². The third-order valence-corrected chi connectivity index (χ3v) is 5.59. The lowest BCUT2D eigenvalue weighted by atomic mass is 9.83. The van der Waals surface area contributed by atoms with Crippen LogP contribution in [0.5, 0.6) is 0 Å². The molecule has 27 heavy (non-hydrogen) atoms. The highest BCUT2D eigenvalue weighted by molar-refractivity contribution is 5.91. The average molecular weight is 364 g/mol. The van der Waals surface area contributed by atoms with Gasteiger partial charge in [0.15, 0.2) is 5.60 Å². The van der Waals surface area contributed by atoms with Crippen LogP contribution in [0.1, 0.15) is 22.6 Å². The summed E-state index contributed by atoms with van der Waals surface area (Å²) in [5.74, 6) is -0.182. The summed E-state index contributed by atoms with van der Waals surface area (Å²) in [5, 5.41) is 2.94. The van der Waals surface area contributed by atoms with Crippen molar-refractivity contribution in [3.63, 3.8) is 0 Å². The van der Waals surface area contributed by atoms with Crippen molar-refractivity contribution < 1.29 is 14.3 Å². The second kappa shape index (κ2) is 7.16. The van der Waals surface area contributed by atoms with Crippen LogP contribution >= 0.6 is 0 Å². The van der Waals surface area contributed by atoms with Crippen molar-refractivity contribution in [3.05, 3.63) is 71.3 Å². The second-order valence-corrected chi connectivity index (χ2v) is 7.39. The first-order valence-corrected chi connectivity index (χ1v) is 9.39. The van der Waals surface area contributed by atoms with Gasteiger partial charge in [-0.2, -0.15) is 0 Å². The van der Waals surface area contributed by atoms with Crippen LogP contribution in [0, 0.1) is 6.92 Å². The summed E-state index contributed by atoms with van der Waals surface area (Å²) in [4.78, 5) is 27.4. The van der Waals surface area contributed by atoms with Gasteiger partial charge >= 0.3 is 0 Å². The van der Waals surface area contributed by atoms with Gasteiger partial charge in [0.05, 0.1) is 19.6 Å². The Hall–Kier alpha value is -2.66. The fourth-order valence-corrected chi connectivity index (χ4v) is 4.04. The summed E-state index contributed by atoms with van der Waals surface area (Å²) in [7, 11) is 0. The molecule has 2 aromatic rings. The Morgan fingerprint density at radius 2 is 1.93 bits per heavy atom. The Labute approximate surface area is 159 Å². The first kappa shape index (κ1) is 17.7. The molecule has 2 heterocycles.